The largest absolute Gasteiger partial charge is 0.324 e. The quantitative estimate of drug-likeness (QED) is 0.839. The van der Waals surface area contributed by atoms with Gasteiger partial charge in [0, 0.05) is 21.4 Å². The molecule has 16 heavy (non-hydrogen) atoms. The van der Waals surface area contributed by atoms with Crippen molar-refractivity contribution in [3.8, 4) is 10.4 Å². The maximum atomic E-state index is 13.7. The van der Waals surface area contributed by atoms with Gasteiger partial charge in [0.15, 0.2) is 0 Å². The molecule has 0 saturated carbocycles. The van der Waals surface area contributed by atoms with Crippen LogP contribution in [0.3, 0.4) is 0 Å². The molecule has 0 aliphatic carbocycles. The highest BCUT2D eigenvalue weighted by molar-refractivity contribution is 7.15. The van der Waals surface area contributed by atoms with Crippen molar-refractivity contribution in [3.05, 3.63) is 46.6 Å². The summed E-state index contributed by atoms with van der Waals surface area (Å²) in [6.45, 7) is 3.91. The molecule has 1 atom stereocenters. The number of nitrogens with two attached hydrogens (primary N) is 1. The van der Waals surface area contributed by atoms with Crippen molar-refractivity contribution in [2.24, 2.45) is 5.73 Å². The van der Waals surface area contributed by atoms with Gasteiger partial charge < -0.3 is 5.73 Å². The number of aryl methyl sites for hydroxylation is 1. The summed E-state index contributed by atoms with van der Waals surface area (Å²) in [5, 5.41) is 0. The molecule has 2 rings (SSSR count). The number of thiophene rings is 1. The van der Waals surface area contributed by atoms with Crippen molar-refractivity contribution >= 4 is 11.3 Å². The van der Waals surface area contributed by atoms with E-state index >= 15 is 0 Å². The first-order chi connectivity index (χ1) is 7.58. The minimum absolute atomic E-state index is 0.0691. The molecule has 0 amide bonds. The lowest BCUT2D eigenvalue weighted by Crippen LogP contribution is -2.05. The van der Waals surface area contributed by atoms with Crippen molar-refractivity contribution in [1.82, 2.24) is 0 Å². The fourth-order valence-corrected chi connectivity index (χ4v) is 2.48. The minimum Gasteiger partial charge on any atom is -0.324 e. The van der Waals surface area contributed by atoms with Crippen molar-refractivity contribution < 1.29 is 4.39 Å². The summed E-state index contributed by atoms with van der Waals surface area (Å²) < 4.78 is 13.7. The zero-order chi connectivity index (χ0) is 11.7. The highest BCUT2D eigenvalue weighted by Crippen LogP contribution is 2.31. The fraction of sp³-hybridized carbons (Fsp3) is 0.231. The van der Waals surface area contributed by atoms with Gasteiger partial charge in [-0.2, -0.15) is 0 Å². The van der Waals surface area contributed by atoms with Gasteiger partial charge in [-0.25, -0.2) is 4.39 Å². The predicted molar refractivity (Wildman–Crippen MR) is 67.1 cm³/mol. The number of hydrogen-bond donors (Lipinski definition) is 1. The van der Waals surface area contributed by atoms with Gasteiger partial charge in [-0.15, -0.1) is 11.3 Å². The molecule has 84 valence electrons. The van der Waals surface area contributed by atoms with Gasteiger partial charge in [0.2, 0.25) is 0 Å². The third-order valence-corrected chi connectivity index (χ3v) is 3.56. The van der Waals surface area contributed by atoms with Crippen LogP contribution >= 0.6 is 11.3 Å². The van der Waals surface area contributed by atoms with Crippen LogP contribution in [0.1, 0.15) is 23.4 Å². The summed E-state index contributed by atoms with van der Waals surface area (Å²) in [6, 6.07) is 8.94. The Morgan fingerprint density at radius 2 is 2.00 bits per heavy atom. The smallest absolute Gasteiger partial charge is 0.131 e. The molecule has 0 radical (unpaired) electrons. The van der Waals surface area contributed by atoms with E-state index in [9.17, 15) is 4.39 Å². The SMILES string of the molecule is Cc1ccc(-c2cc(C(C)N)ccc2F)s1. The van der Waals surface area contributed by atoms with E-state index in [0.717, 1.165) is 10.4 Å². The molecule has 0 aliphatic heterocycles. The number of hydrogen-bond acceptors (Lipinski definition) is 2. The van der Waals surface area contributed by atoms with E-state index in [2.05, 4.69) is 0 Å². The molecule has 0 spiro atoms. The van der Waals surface area contributed by atoms with Gasteiger partial charge in [0.25, 0.3) is 0 Å². The Kier molecular flexibility index (Phi) is 3.08. The van der Waals surface area contributed by atoms with Gasteiger partial charge in [-0.3, -0.25) is 0 Å². The Morgan fingerprint density at radius 1 is 1.25 bits per heavy atom. The van der Waals surface area contributed by atoms with Crippen molar-refractivity contribution in [2.75, 3.05) is 0 Å². The Labute approximate surface area is 98.7 Å². The molecule has 1 aromatic carbocycles. The molecule has 0 aliphatic rings. The van der Waals surface area contributed by atoms with Crippen molar-refractivity contribution in [1.29, 1.82) is 0 Å². The molecular weight excluding hydrogens is 221 g/mol. The second-order valence-electron chi connectivity index (χ2n) is 3.94. The maximum Gasteiger partial charge on any atom is 0.131 e. The molecule has 1 aromatic heterocycles. The Bertz CT molecular complexity index is 502. The number of benzene rings is 1. The van der Waals surface area contributed by atoms with Gasteiger partial charge >= 0.3 is 0 Å². The number of rotatable bonds is 2. The van der Waals surface area contributed by atoms with E-state index in [1.165, 1.54) is 10.9 Å². The maximum absolute atomic E-state index is 13.7. The first-order valence-electron chi connectivity index (χ1n) is 5.20. The second kappa shape index (κ2) is 4.36. The monoisotopic (exact) mass is 235 g/mol. The molecule has 1 heterocycles. The van der Waals surface area contributed by atoms with Crippen LogP contribution in [0.15, 0.2) is 30.3 Å². The highest BCUT2D eigenvalue weighted by atomic mass is 32.1. The molecule has 0 saturated heterocycles. The lowest BCUT2D eigenvalue weighted by Gasteiger charge is -2.08. The van der Waals surface area contributed by atoms with E-state index in [-0.39, 0.29) is 11.9 Å². The Hall–Kier alpha value is -1.19. The predicted octanol–water partition coefficient (Wildman–Crippen LogP) is 3.88. The molecule has 2 aromatic rings. The van der Waals surface area contributed by atoms with Crippen molar-refractivity contribution in [2.45, 2.75) is 19.9 Å². The Morgan fingerprint density at radius 3 is 2.56 bits per heavy atom. The van der Waals surface area contributed by atoms with Gasteiger partial charge in [-0.05, 0) is 43.7 Å². The van der Waals surface area contributed by atoms with Crippen LogP contribution in [0.25, 0.3) is 10.4 Å². The summed E-state index contributed by atoms with van der Waals surface area (Å²) in [5.41, 5.74) is 7.40. The summed E-state index contributed by atoms with van der Waals surface area (Å²) in [7, 11) is 0. The van der Waals surface area contributed by atoms with Crippen LogP contribution in [0.2, 0.25) is 0 Å². The average molecular weight is 235 g/mol. The highest BCUT2D eigenvalue weighted by Gasteiger charge is 2.09. The second-order valence-corrected chi connectivity index (χ2v) is 5.23. The lowest BCUT2D eigenvalue weighted by molar-refractivity contribution is 0.630. The van der Waals surface area contributed by atoms with Crippen LogP contribution in [-0.2, 0) is 0 Å². The average Bonchev–Trinajstić information content (AvgIpc) is 2.65. The van der Waals surface area contributed by atoms with E-state index in [0.29, 0.717) is 5.56 Å². The topological polar surface area (TPSA) is 26.0 Å². The molecule has 3 heteroatoms. The third-order valence-electron chi connectivity index (χ3n) is 2.52. The normalized spacial score (nSPS) is 12.8. The van der Waals surface area contributed by atoms with Crippen LogP contribution in [-0.4, -0.2) is 0 Å². The van der Waals surface area contributed by atoms with Gasteiger partial charge in [-0.1, -0.05) is 6.07 Å². The van der Waals surface area contributed by atoms with Gasteiger partial charge in [0.05, 0.1) is 0 Å². The van der Waals surface area contributed by atoms with E-state index < -0.39 is 0 Å². The molecule has 0 fully saturated rings. The van der Waals surface area contributed by atoms with Crippen LogP contribution in [0.4, 0.5) is 4.39 Å². The number of halogens is 1. The zero-order valence-electron chi connectivity index (χ0n) is 9.33. The molecule has 2 N–H and O–H groups in total. The van der Waals surface area contributed by atoms with E-state index in [1.54, 1.807) is 17.4 Å². The molecule has 1 nitrogen and oxygen atoms in total. The summed E-state index contributed by atoms with van der Waals surface area (Å²) >= 11 is 1.59. The standard InChI is InChI=1S/C13H14FNS/c1-8-3-6-13(16-8)11-7-10(9(2)15)4-5-12(11)14/h3-7,9H,15H2,1-2H3. The van der Waals surface area contributed by atoms with Gasteiger partial charge in [0.1, 0.15) is 5.82 Å². The van der Waals surface area contributed by atoms with Crippen LogP contribution < -0.4 is 5.73 Å². The fourth-order valence-electron chi connectivity index (χ4n) is 1.59. The molecular formula is C13H14FNS. The molecule has 1 unspecified atom stereocenters. The van der Waals surface area contributed by atoms with Crippen LogP contribution in [0, 0.1) is 12.7 Å². The third kappa shape index (κ3) is 2.15. The lowest BCUT2D eigenvalue weighted by atomic mass is 10.0. The minimum atomic E-state index is -0.189. The van der Waals surface area contributed by atoms with Crippen molar-refractivity contribution in [3.63, 3.8) is 0 Å². The van der Waals surface area contributed by atoms with Crippen LogP contribution in [0.5, 0.6) is 0 Å². The summed E-state index contributed by atoms with van der Waals surface area (Å²) in [5.74, 6) is -0.189. The van der Waals surface area contributed by atoms with E-state index in [1.807, 2.05) is 32.0 Å². The van der Waals surface area contributed by atoms with E-state index in [4.69, 9.17) is 5.73 Å². The summed E-state index contributed by atoms with van der Waals surface area (Å²) in [4.78, 5) is 2.14. The summed E-state index contributed by atoms with van der Waals surface area (Å²) in [6.07, 6.45) is 0. The zero-order valence-corrected chi connectivity index (χ0v) is 10.1. The first-order valence-corrected chi connectivity index (χ1v) is 6.01. The molecule has 0 bridgehead atoms. The Balaban J connectivity index is 2.51. The first kappa shape index (κ1) is 11.3.